The summed E-state index contributed by atoms with van der Waals surface area (Å²) in [5.41, 5.74) is 2.32. The third-order valence-corrected chi connectivity index (χ3v) is 2.94. The van der Waals surface area contributed by atoms with Crippen LogP contribution in [0.2, 0.25) is 5.02 Å². The Morgan fingerprint density at radius 3 is 2.71 bits per heavy atom. The third kappa shape index (κ3) is 4.19. The molecule has 0 aromatic heterocycles. The summed E-state index contributed by atoms with van der Waals surface area (Å²) in [4.78, 5) is 2.14. The lowest BCUT2D eigenvalue weighted by Crippen LogP contribution is -2.28. The Morgan fingerprint density at radius 1 is 1.35 bits per heavy atom. The first-order valence-corrected chi connectivity index (χ1v) is 6.45. The van der Waals surface area contributed by atoms with Crippen LogP contribution in [0.5, 0.6) is 0 Å². The zero-order chi connectivity index (χ0) is 12.7. The van der Waals surface area contributed by atoms with E-state index in [1.165, 1.54) is 5.56 Å². The Hall–Kier alpha value is -0.770. The predicted molar refractivity (Wildman–Crippen MR) is 73.8 cm³/mol. The minimum absolute atomic E-state index is 0.154. The monoisotopic (exact) mass is 256 g/mol. The van der Waals surface area contributed by atoms with E-state index < -0.39 is 0 Å². The average molecular weight is 257 g/mol. The van der Waals surface area contributed by atoms with Crippen LogP contribution in [-0.4, -0.2) is 31.3 Å². The zero-order valence-corrected chi connectivity index (χ0v) is 11.3. The Morgan fingerprint density at radius 2 is 2.12 bits per heavy atom. The molecule has 0 saturated heterocycles. The molecule has 0 aliphatic heterocycles. The number of rotatable bonds is 7. The van der Waals surface area contributed by atoms with Crippen molar-refractivity contribution in [3.8, 4) is 0 Å². The molecule has 96 valence electrons. The minimum Gasteiger partial charge on any atom is -0.395 e. The second-order valence-corrected chi connectivity index (χ2v) is 4.29. The van der Waals surface area contributed by atoms with Crippen molar-refractivity contribution in [2.75, 3.05) is 31.1 Å². The van der Waals surface area contributed by atoms with Crippen molar-refractivity contribution < 1.29 is 5.11 Å². The SMILES string of the molecule is CCNCc1ccc(Cl)cc1N(CC)CCO. The van der Waals surface area contributed by atoms with Crippen molar-refractivity contribution in [2.24, 2.45) is 0 Å². The van der Waals surface area contributed by atoms with E-state index in [0.717, 1.165) is 30.3 Å². The molecule has 0 saturated carbocycles. The van der Waals surface area contributed by atoms with Crippen molar-refractivity contribution in [3.63, 3.8) is 0 Å². The van der Waals surface area contributed by atoms with Gasteiger partial charge >= 0.3 is 0 Å². The number of hydrogen-bond donors (Lipinski definition) is 2. The summed E-state index contributed by atoms with van der Waals surface area (Å²) >= 11 is 6.04. The highest BCUT2D eigenvalue weighted by molar-refractivity contribution is 6.30. The number of nitrogens with zero attached hydrogens (tertiary/aromatic N) is 1. The summed E-state index contributed by atoms with van der Waals surface area (Å²) in [6.07, 6.45) is 0. The van der Waals surface area contributed by atoms with E-state index in [2.05, 4.69) is 24.1 Å². The second-order valence-electron chi connectivity index (χ2n) is 3.86. The molecular weight excluding hydrogens is 236 g/mol. The van der Waals surface area contributed by atoms with E-state index in [4.69, 9.17) is 16.7 Å². The number of benzene rings is 1. The lowest BCUT2D eigenvalue weighted by Gasteiger charge is -2.25. The number of nitrogens with one attached hydrogen (secondary N) is 1. The number of aliphatic hydroxyl groups is 1. The van der Waals surface area contributed by atoms with E-state index in [1.54, 1.807) is 0 Å². The second kappa shape index (κ2) is 7.54. The quantitative estimate of drug-likeness (QED) is 0.786. The first-order chi connectivity index (χ1) is 8.22. The van der Waals surface area contributed by atoms with Crippen LogP contribution in [0.3, 0.4) is 0 Å². The van der Waals surface area contributed by atoms with Crippen LogP contribution < -0.4 is 10.2 Å². The van der Waals surface area contributed by atoms with Crippen LogP contribution in [0.25, 0.3) is 0 Å². The highest BCUT2D eigenvalue weighted by Gasteiger charge is 2.09. The molecule has 1 aromatic carbocycles. The molecule has 4 heteroatoms. The zero-order valence-electron chi connectivity index (χ0n) is 10.5. The van der Waals surface area contributed by atoms with Gasteiger partial charge in [0, 0.05) is 30.3 Å². The van der Waals surface area contributed by atoms with Crippen molar-refractivity contribution in [1.29, 1.82) is 0 Å². The third-order valence-electron chi connectivity index (χ3n) is 2.71. The molecule has 0 radical (unpaired) electrons. The van der Waals surface area contributed by atoms with Gasteiger partial charge in [-0.05, 0) is 31.2 Å². The van der Waals surface area contributed by atoms with Gasteiger partial charge in [0.15, 0.2) is 0 Å². The largest absolute Gasteiger partial charge is 0.395 e. The number of aliphatic hydroxyl groups excluding tert-OH is 1. The van der Waals surface area contributed by atoms with Crippen LogP contribution in [0.4, 0.5) is 5.69 Å². The number of halogens is 1. The molecular formula is C13H21ClN2O. The Balaban J connectivity index is 2.95. The standard InChI is InChI=1S/C13H21ClN2O/c1-3-15-10-11-5-6-12(14)9-13(11)16(4-2)7-8-17/h5-6,9,15,17H,3-4,7-8,10H2,1-2H3. The molecule has 0 bridgehead atoms. The van der Waals surface area contributed by atoms with Crippen molar-refractivity contribution >= 4 is 17.3 Å². The van der Waals surface area contributed by atoms with Crippen LogP contribution in [-0.2, 0) is 6.54 Å². The average Bonchev–Trinajstić information content (AvgIpc) is 2.34. The fourth-order valence-corrected chi connectivity index (χ4v) is 1.98. The van der Waals surface area contributed by atoms with Gasteiger partial charge in [-0.15, -0.1) is 0 Å². The fraction of sp³-hybridized carbons (Fsp3) is 0.538. The lowest BCUT2D eigenvalue weighted by molar-refractivity contribution is 0.302. The highest BCUT2D eigenvalue weighted by Crippen LogP contribution is 2.24. The molecule has 0 spiro atoms. The van der Waals surface area contributed by atoms with Gasteiger partial charge < -0.3 is 15.3 Å². The van der Waals surface area contributed by atoms with Gasteiger partial charge in [-0.3, -0.25) is 0 Å². The Kier molecular flexibility index (Phi) is 6.34. The molecule has 0 atom stereocenters. The molecule has 0 heterocycles. The first-order valence-electron chi connectivity index (χ1n) is 6.07. The molecule has 1 rings (SSSR count). The van der Waals surface area contributed by atoms with Gasteiger partial charge in [-0.25, -0.2) is 0 Å². The van der Waals surface area contributed by atoms with Gasteiger partial charge in [-0.1, -0.05) is 24.6 Å². The Bertz CT molecular complexity index is 344. The summed E-state index contributed by atoms with van der Waals surface area (Å²) in [6, 6.07) is 5.91. The van der Waals surface area contributed by atoms with E-state index in [9.17, 15) is 0 Å². The number of hydrogen-bond acceptors (Lipinski definition) is 3. The topological polar surface area (TPSA) is 35.5 Å². The van der Waals surface area contributed by atoms with E-state index in [1.807, 2.05) is 18.2 Å². The molecule has 0 aliphatic rings. The molecule has 0 unspecified atom stereocenters. The number of likely N-dealkylation sites (N-methyl/N-ethyl adjacent to an activating group) is 1. The van der Waals surface area contributed by atoms with Crippen LogP contribution in [0.1, 0.15) is 19.4 Å². The van der Waals surface area contributed by atoms with Gasteiger partial charge in [0.1, 0.15) is 0 Å². The van der Waals surface area contributed by atoms with Crippen LogP contribution >= 0.6 is 11.6 Å². The molecule has 2 N–H and O–H groups in total. The molecule has 1 aromatic rings. The summed E-state index contributed by atoms with van der Waals surface area (Å²) < 4.78 is 0. The first kappa shape index (κ1) is 14.3. The van der Waals surface area contributed by atoms with Crippen molar-refractivity contribution in [2.45, 2.75) is 20.4 Å². The molecule has 0 aliphatic carbocycles. The van der Waals surface area contributed by atoms with Gasteiger partial charge in [-0.2, -0.15) is 0 Å². The van der Waals surface area contributed by atoms with E-state index in [-0.39, 0.29) is 6.61 Å². The minimum atomic E-state index is 0.154. The maximum atomic E-state index is 9.08. The van der Waals surface area contributed by atoms with Gasteiger partial charge in [0.05, 0.1) is 6.61 Å². The number of anilines is 1. The summed E-state index contributed by atoms with van der Waals surface area (Å²) in [5.74, 6) is 0. The maximum absolute atomic E-state index is 9.08. The maximum Gasteiger partial charge on any atom is 0.0606 e. The molecule has 0 amide bonds. The van der Waals surface area contributed by atoms with E-state index >= 15 is 0 Å². The van der Waals surface area contributed by atoms with Crippen molar-refractivity contribution in [3.05, 3.63) is 28.8 Å². The Labute approximate surface area is 108 Å². The van der Waals surface area contributed by atoms with Crippen molar-refractivity contribution in [1.82, 2.24) is 5.32 Å². The van der Waals surface area contributed by atoms with Gasteiger partial charge in [0.25, 0.3) is 0 Å². The normalized spacial score (nSPS) is 10.6. The summed E-state index contributed by atoms with van der Waals surface area (Å²) in [7, 11) is 0. The summed E-state index contributed by atoms with van der Waals surface area (Å²) in [6.45, 7) is 7.57. The molecule has 0 fully saturated rings. The fourth-order valence-electron chi connectivity index (χ4n) is 1.81. The lowest BCUT2D eigenvalue weighted by atomic mass is 10.1. The smallest absolute Gasteiger partial charge is 0.0606 e. The molecule has 3 nitrogen and oxygen atoms in total. The molecule has 17 heavy (non-hydrogen) atoms. The predicted octanol–water partition coefficient (Wildman–Crippen LogP) is 2.27. The van der Waals surface area contributed by atoms with Gasteiger partial charge in [0.2, 0.25) is 0 Å². The van der Waals surface area contributed by atoms with Crippen LogP contribution in [0, 0.1) is 0 Å². The highest BCUT2D eigenvalue weighted by atomic mass is 35.5. The summed E-state index contributed by atoms with van der Waals surface area (Å²) in [5, 5.41) is 13.1. The van der Waals surface area contributed by atoms with Crippen LogP contribution in [0.15, 0.2) is 18.2 Å². The van der Waals surface area contributed by atoms with E-state index in [0.29, 0.717) is 6.54 Å².